The van der Waals surface area contributed by atoms with E-state index in [4.69, 9.17) is 10.5 Å². The summed E-state index contributed by atoms with van der Waals surface area (Å²) in [6.45, 7) is 3.84. The molecule has 0 aromatic carbocycles. The van der Waals surface area contributed by atoms with Gasteiger partial charge in [-0.1, -0.05) is 0 Å². The monoisotopic (exact) mass is 210 g/mol. The Labute approximate surface area is 90.1 Å². The zero-order valence-corrected chi connectivity index (χ0v) is 9.40. The molecule has 0 aliphatic carbocycles. The van der Waals surface area contributed by atoms with Crippen molar-refractivity contribution in [3.8, 4) is 0 Å². The molecular formula is C11H18N2O2. The molecule has 0 fully saturated rings. The summed E-state index contributed by atoms with van der Waals surface area (Å²) in [5, 5.41) is 9.97. The number of aliphatic hydroxyl groups excluding tert-OH is 1. The van der Waals surface area contributed by atoms with Crippen molar-refractivity contribution in [2.24, 2.45) is 0 Å². The van der Waals surface area contributed by atoms with Gasteiger partial charge in [-0.2, -0.15) is 0 Å². The predicted molar refractivity (Wildman–Crippen MR) is 59.3 cm³/mol. The Balaban J connectivity index is 2.78. The van der Waals surface area contributed by atoms with Crippen LogP contribution in [-0.4, -0.2) is 22.8 Å². The van der Waals surface area contributed by atoms with Gasteiger partial charge in [0.15, 0.2) is 0 Å². The van der Waals surface area contributed by atoms with Gasteiger partial charge in [0, 0.05) is 37.2 Å². The lowest BCUT2D eigenvalue weighted by Crippen LogP contribution is -2.25. The highest BCUT2D eigenvalue weighted by Crippen LogP contribution is 2.28. The number of rotatable bonds is 4. The van der Waals surface area contributed by atoms with Gasteiger partial charge >= 0.3 is 0 Å². The van der Waals surface area contributed by atoms with Crippen LogP contribution in [0.25, 0.3) is 0 Å². The number of hydrogen-bond donors (Lipinski definition) is 2. The van der Waals surface area contributed by atoms with Crippen LogP contribution in [0.4, 0.5) is 5.69 Å². The molecule has 0 radical (unpaired) electrons. The number of methoxy groups -OCH3 is 1. The molecule has 0 saturated heterocycles. The summed E-state index contributed by atoms with van der Waals surface area (Å²) in [5.74, 6) is 0. The van der Waals surface area contributed by atoms with E-state index >= 15 is 0 Å². The SMILES string of the molecule is COC(C)(C)CC(O)c1cnccc1N. The van der Waals surface area contributed by atoms with Gasteiger partial charge in [-0.05, 0) is 19.9 Å². The Bertz CT molecular complexity index is 326. The molecule has 0 spiro atoms. The van der Waals surface area contributed by atoms with E-state index in [0.29, 0.717) is 17.7 Å². The number of hydrogen-bond acceptors (Lipinski definition) is 4. The van der Waals surface area contributed by atoms with Crippen molar-refractivity contribution in [1.29, 1.82) is 0 Å². The molecule has 0 aliphatic rings. The van der Waals surface area contributed by atoms with E-state index in [-0.39, 0.29) is 5.60 Å². The standard InChI is InChI=1S/C11H18N2O2/c1-11(2,15-3)6-10(14)8-7-13-5-4-9(8)12/h4-5,7,10,14H,6H2,1-3H3,(H2,12,13). The van der Waals surface area contributed by atoms with Crippen molar-refractivity contribution < 1.29 is 9.84 Å². The summed E-state index contributed by atoms with van der Waals surface area (Å²) in [6.07, 6.45) is 3.03. The van der Waals surface area contributed by atoms with Crippen LogP contribution >= 0.6 is 0 Å². The first-order valence-electron chi connectivity index (χ1n) is 4.89. The van der Waals surface area contributed by atoms with E-state index in [1.165, 1.54) is 0 Å². The smallest absolute Gasteiger partial charge is 0.0852 e. The Morgan fingerprint density at radius 3 is 2.80 bits per heavy atom. The maximum Gasteiger partial charge on any atom is 0.0852 e. The van der Waals surface area contributed by atoms with Crippen molar-refractivity contribution in [2.45, 2.75) is 32.0 Å². The zero-order chi connectivity index (χ0) is 11.5. The first kappa shape index (κ1) is 11.9. The normalized spacial score (nSPS) is 13.9. The fourth-order valence-electron chi connectivity index (χ4n) is 1.35. The highest BCUT2D eigenvalue weighted by atomic mass is 16.5. The summed E-state index contributed by atoms with van der Waals surface area (Å²) in [4.78, 5) is 3.94. The second-order valence-corrected chi connectivity index (χ2v) is 4.19. The molecule has 1 aromatic heterocycles. The Morgan fingerprint density at radius 2 is 2.27 bits per heavy atom. The Morgan fingerprint density at radius 1 is 1.60 bits per heavy atom. The number of nitrogens with zero attached hydrogens (tertiary/aromatic N) is 1. The Kier molecular flexibility index (Phi) is 3.66. The molecule has 0 aliphatic heterocycles. The topological polar surface area (TPSA) is 68.4 Å². The minimum absolute atomic E-state index is 0.373. The second-order valence-electron chi connectivity index (χ2n) is 4.19. The van der Waals surface area contributed by atoms with Gasteiger partial charge in [-0.15, -0.1) is 0 Å². The Hall–Kier alpha value is -1.13. The first-order chi connectivity index (χ1) is 6.96. The van der Waals surface area contributed by atoms with E-state index in [2.05, 4.69) is 4.98 Å². The largest absolute Gasteiger partial charge is 0.398 e. The second kappa shape index (κ2) is 4.59. The van der Waals surface area contributed by atoms with Crippen LogP contribution in [-0.2, 0) is 4.74 Å². The molecule has 4 heteroatoms. The molecule has 1 unspecified atom stereocenters. The van der Waals surface area contributed by atoms with Gasteiger partial charge < -0.3 is 15.6 Å². The first-order valence-corrected chi connectivity index (χ1v) is 4.89. The van der Waals surface area contributed by atoms with Gasteiger partial charge in [0.05, 0.1) is 11.7 Å². The molecule has 0 saturated carbocycles. The molecule has 4 nitrogen and oxygen atoms in total. The number of ether oxygens (including phenoxy) is 1. The maximum absolute atomic E-state index is 9.97. The molecule has 84 valence electrons. The highest BCUT2D eigenvalue weighted by molar-refractivity contribution is 5.45. The summed E-state index contributed by atoms with van der Waals surface area (Å²) < 4.78 is 5.25. The lowest BCUT2D eigenvalue weighted by molar-refractivity contribution is -0.0199. The minimum Gasteiger partial charge on any atom is -0.398 e. The fourth-order valence-corrected chi connectivity index (χ4v) is 1.35. The summed E-state index contributed by atoms with van der Waals surface area (Å²) >= 11 is 0. The number of nitrogens with two attached hydrogens (primary N) is 1. The summed E-state index contributed by atoms with van der Waals surface area (Å²) in [6, 6.07) is 1.68. The molecule has 15 heavy (non-hydrogen) atoms. The fraction of sp³-hybridized carbons (Fsp3) is 0.545. The minimum atomic E-state index is -0.645. The van der Waals surface area contributed by atoms with Crippen LogP contribution in [0.3, 0.4) is 0 Å². The number of aromatic nitrogens is 1. The van der Waals surface area contributed by atoms with Crippen molar-refractivity contribution in [2.75, 3.05) is 12.8 Å². The number of nitrogen functional groups attached to an aromatic ring is 1. The molecule has 1 aromatic rings. The molecule has 0 amide bonds. The van der Waals surface area contributed by atoms with Gasteiger partial charge in [0.1, 0.15) is 0 Å². The third-order valence-corrected chi connectivity index (χ3v) is 2.48. The zero-order valence-electron chi connectivity index (χ0n) is 9.40. The van der Waals surface area contributed by atoms with Crippen LogP contribution in [0, 0.1) is 0 Å². The quantitative estimate of drug-likeness (QED) is 0.790. The average molecular weight is 210 g/mol. The predicted octanol–water partition coefficient (Wildman–Crippen LogP) is 1.51. The average Bonchev–Trinajstić information content (AvgIpc) is 2.17. The summed E-state index contributed by atoms with van der Waals surface area (Å²) in [5.41, 5.74) is 6.58. The lowest BCUT2D eigenvalue weighted by atomic mass is 9.96. The molecule has 1 heterocycles. The van der Waals surface area contributed by atoms with Crippen LogP contribution in [0.15, 0.2) is 18.5 Å². The molecule has 0 bridgehead atoms. The van der Waals surface area contributed by atoms with Gasteiger partial charge in [-0.3, -0.25) is 4.98 Å². The molecule has 3 N–H and O–H groups in total. The van der Waals surface area contributed by atoms with Crippen LogP contribution in [0.2, 0.25) is 0 Å². The molecule has 1 rings (SSSR count). The molecular weight excluding hydrogens is 192 g/mol. The summed E-state index contributed by atoms with van der Waals surface area (Å²) in [7, 11) is 1.62. The number of pyridine rings is 1. The van der Waals surface area contributed by atoms with Crippen LogP contribution in [0.5, 0.6) is 0 Å². The van der Waals surface area contributed by atoms with E-state index < -0.39 is 6.10 Å². The number of aliphatic hydroxyl groups is 1. The van der Waals surface area contributed by atoms with E-state index in [0.717, 1.165) is 0 Å². The van der Waals surface area contributed by atoms with Gasteiger partial charge in [0.2, 0.25) is 0 Å². The van der Waals surface area contributed by atoms with Gasteiger partial charge in [-0.25, -0.2) is 0 Å². The van der Waals surface area contributed by atoms with Crippen molar-refractivity contribution in [3.63, 3.8) is 0 Å². The van der Waals surface area contributed by atoms with E-state index in [1.54, 1.807) is 25.6 Å². The molecule has 1 atom stereocenters. The number of anilines is 1. The highest BCUT2D eigenvalue weighted by Gasteiger charge is 2.23. The van der Waals surface area contributed by atoms with E-state index in [9.17, 15) is 5.11 Å². The van der Waals surface area contributed by atoms with Gasteiger partial charge in [0.25, 0.3) is 0 Å². The van der Waals surface area contributed by atoms with Crippen molar-refractivity contribution in [1.82, 2.24) is 4.98 Å². The van der Waals surface area contributed by atoms with E-state index in [1.807, 2.05) is 13.8 Å². The van der Waals surface area contributed by atoms with Crippen molar-refractivity contribution >= 4 is 5.69 Å². The van der Waals surface area contributed by atoms with Crippen LogP contribution < -0.4 is 5.73 Å². The van der Waals surface area contributed by atoms with Crippen LogP contribution in [0.1, 0.15) is 31.9 Å². The third kappa shape index (κ3) is 3.18. The lowest BCUT2D eigenvalue weighted by Gasteiger charge is -2.26. The van der Waals surface area contributed by atoms with Crippen molar-refractivity contribution in [3.05, 3.63) is 24.0 Å². The maximum atomic E-state index is 9.97. The third-order valence-electron chi connectivity index (χ3n) is 2.48.